The monoisotopic (exact) mass is 550 g/mol. The lowest BCUT2D eigenvalue weighted by atomic mass is 9.97. The van der Waals surface area contributed by atoms with Crippen molar-refractivity contribution in [1.82, 2.24) is 0 Å². The average molecular weight is 551 g/mol. The molecule has 8 nitrogen and oxygen atoms in total. The summed E-state index contributed by atoms with van der Waals surface area (Å²) >= 11 is 0. The van der Waals surface area contributed by atoms with Gasteiger partial charge in [0, 0.05) is 44.7 Å². The highest BCUT2D eigenvalue weighted by molar-refractivity contribution is 6.04. The van der Waals surface area contributed by atoms with Gasteiger partial charge in [0.15, 0.2) is 0 Å². The Balaban J connectivity index is 1.72. The zero-order chi connectivity index (χ0) is 30.2. The number of carbonyl (C=O) groups is 3. The van der Waals surface area contributed by atoms with Crippen LogP contribution in [-0.4, -0.2) is 23.1 Å². The third-order valence-electron chi connectivity index (χ3n) is 5.10. The number of carbonyl (C=O) groups excluding carboxylic acids is 2. The fourth-order valence-electron chi connectivity index (χ4n) is 3.35. The van der Waals surface area contributed by atoms with Crippen molar-refractivity contribution in [3.63, 3.8) is 0 Å². The maximum absolute atomic E-state index is 12.7. The van der Waals surface area contributed by atoms with Crippen LogP contribution in [-0.2, 0) is 0 Å². The minimum Gasteiger partial charge on any atom is -0.478 e. The molecule has 0 aromatic heterocycles. The highest BCUT2D eigenvalue weighted by Crippen LogP contribution is 2.21. The molecular formula is C33H34N4O4. The van der Waals surface area contributed by atoms with Crippen molar-refractivity contribution in [2.75, 3.05) is 21.3 Å². The molecule has 0 heterocycles. The summed E-state index contributed by atoms with van der Waals surface area (Å²) in [5, 5.41) is 20.2. The van der Waals surface area contributed by atoms with E-state index < -0.39 is 18.0 Å². The van der Waals surface area contributed by atoms with Gasteiger partial charge in [-0.2, -0.15) is 0 Å². The molecule has 0 spiro atoms. The van der Waals surface area contributed by atoms with Crippen LogP contribution in [0.25, 0.3) is 0 Å². The van der Waals surface area contributed by atoms with Crippen LogP contribution in [0.3, 0.4) is 0 Å². The Morgan fingerprint density at radius 3 is 1.34 bits per heavy atom. The summed E-state index contributed by atoms with van der Waals surface area (Å²) in [6.07, 6.45) is 0. The molecule has 0 unspecified atom stereocenters. The van der Waals surface area contributed by atoms with E-state index >= 15 is 0 Å². The van der Waals surface area contributed by atoms with Gasteiger partial charge in [-0.1, -0.05) is 35.8 Å². The van der Waals surface area contributed by atoms with E-state index in [1.165, 1.54) is 18.2 Å². The Kier molecular flexibility index (Phi) is 9.44. The number of amides is 4. The van der Waals surface area contributed by atoms with Crippen molar-refractivity contribution in [3.05, 3.63) is 83.4 Å². The predicted octanol–water partition coefficient (Wildman–Crippen LogP) is 7.47. The van der Waals surface area contributed by atoms with E-state index in [9.17, 15) is 19.5 Å². The van der Waals surface area contributed by atoms with Gasteiger partial charge in [0.05, 0.1) is 5.56 Å². The first-order valence-electron chi connectivity index (χ1n) is 13.0. The number of aromatic carboxylic acids is 1. The van der Waals surface area contributed by atoms with E-state index in [1.807, 2.05) is 53.7 Å². The third-order valence-corrected chi connectivity index (χ3v) is 5.10. The predicted molar refractivity (Wildman–Crippen MR) is 164 cm³/mol. The normalized spacial score (nSPS) is 10.7. The van der Waals surface area contributed by atoms with Gasteiger partial charge in [-0.3, -0.25) is 0 Å². The summed E-state index contributed by atoms with van der Waals surface area (Å²) in [6, 6.07) is 17.1. The summed E-state index contributed by atoms with van der Waals surface area (Å²) in [7, 11) is 0. The second kappa shape index (κ2) is 12.8. The van der Waals surface area contributed by atoms with Crippen LogP contribution in [0.1, 0.15) is 63.0 Å². The van der Waals surface area contributed by atoms with Crippen molar-refractivity contribution in [1.29, 1.82) is 0 Å². The van der Waals surface area contributed by atoms with Crippen molar-refractivity contribution < 1.29 is 19.5 Å². The highest BCUT2D eigenvalue weighted by atomic mass is 16.4. The second-order valence-electron chi connectivity index (χ2n) is 11.4. The molecule has 3 aromatic rings. The molecule has 4 amide bonds. The molecule has 5 N–H and O–H groups in total. The van der Waals surface area contributed by atoms with E-state index in [0.717, 1.165) is 11.1 Å². The summed E-state index contributed by atoms with van der Waals surface area (Å²) in [5.74, 6) is 11.3. The third kappa shape index (κ3) is 10.8. The number of hydrogen-bond acceptors (Lipinski definition) is 3. The van der Waals surface area contributed by atoms with Crippen LogP contribution in [0.5, 0.6) is 0 Å². The van der Waals surface area contributed by atoms with E-state index in [-0.39, 0.29) is 27.8 Å². The molecule has 0 saturated carbocycles. The van der Waals surface area contributed by atoms with E-state index in [0.29, 0.717) is 11.4 Å². The van der Waals surface area contributed by atoms with Gasteiger partial charge in [0.25, 0.3) is 0 Å². The lowest BCUT2D eigenvalue weighted by molar-refractivity contribution is 0.0697. The van der Waals surface area contributed by atoms with E-state index in [4.69, 9.17) is 0 Å². The first-order valence-corrected chi connectivity index (χ1v) is 13.0. The molecule has 8 heteroatoms. The Labute approximate surface area is 240 Å². The van der Waals surface area contributed by atoms with Gasteiger partial charge < -0.3 is 26.4 Å². The Hall–Kier alpha value is -5.21. The van der Waals surface area contributed by atoms with Crippen LogP contribution >= 0.6 is 0 Å². The summed E-state index contributed by atoms with van der Waals surface area (Å²) in [5.41, 5.74) is 2.45. The number of nitrogens with one attached hydrogen (secondary N) is 4. The quantitative estimate of drug-likeness (QED) is 0.212. The number of carboxylic acids is 1. The van der Waals surface area contributed by atoms with Crippen LogP contribution in [0.15, 0.2) is 66.7 Å². The maximum Gasteiger partial charge on any atom is 0.335 e. The Bertz CT molecular complexity index is 1480. The van der Waals surface area contributed by atoms with Crippen LogP contribution in [0.4, 0.5) is 32.3 Å². The first-order chi connectivity index (χ1) is 19.1. The van der Waals surface area contributed by atoms with Gasteiger partial charge in [-0.15, -0.1) is 0 Å². The number of carboxylic acid groups (broad SMARTS) is 1. The van der Waals surface area contributed by atoms with Gasteiger partial charge in [-0.05, 0) is 96.1 Å². The molecular weight excluding hydrogens is 516 g/mol. The molecule has 0 aliphatic rings. The molecule has 0 saturated heterocycles. The largest absolute Gasteiger partial charge is 0.478 e. The molecule has 0 bridgehead atoms. The SMILES string of the molecule is CC(C)(C)C#Cc1cccc(NC(=O)Nc2cc(NC(=O)Nc3cccc(C#CC(C)(C)C)c3)cc(C(=O)O)c2)c1. The van der Waals surface area contributed by atoms with Crippen molar-refractivity contribution in [2.24, 2.45) is 10.8 Å². The molecule has 0 fully saturated rings. The van der Waals surface area contributed by atoms with Gasteiger partial charge in [0.1, 0.15) is 0 Å². The Morgan fingerprint density at radius 2 is 0.976 bits per heavy atom. The zero-order valence-electron chi connectivity index (χ0n) is 24.0. The maximum atomic E-state index is 12.7. The van der Waals surface area contributed by atoms with Crippen molar-refractivity contribution >= 4 is 40.8 Å². The zero-order valence-corrected chi connectivity index (χ0v) is 24.0. The molecule has 3 rings (SSSR count). The minimum atomic E-state index is -1.22. The second-order valence-corrected chi connectivity index (χ2v) is 11.4. The highest BCUT2D eigenvalue weighted by Gasteiger charge is 2.12. The molecule has 210 valence electrons. The lowest BCUT2D eigenvalue weighted by Gasteiger charge is -2.12. The topological polar surface area (TPSA) is 120 Å². The Morgan fingerprint density at radius 1 is 0.585 bits per heavy atom. The van der Waals surface area contributed by atoms with Gasteiger partial charge in [0.2, 0.25) is 0 Å². The van der Waals surface area contributed by atoms with Gasteiger partial charge >= 0.3 is 18.0 Å². The number of urea groups is 2. The standard InChI is InChI=1S/C33H34N4O4/c1-32(2,3)15-13-22-9-7-11-25(17-22)34-30(40)36-27-19-24(29(38)39)20-28(21-27)37-31(41)35-26-12-8-10-23(18-26)14-16-33(4,5)6/h7-12,17-21H,1-6H3,(H,38,39)(H2,34,36,40)(H2,35,37,41). The average Bonchev–Trinajstić information content (AvgIpc) is 2.85. The number of rotatable bonds is 5. The van der Waals surface area contributed by atoms with E-state index in [1.54, 1.807) is 36.4 Å². The van der Waals surface area contributed by atoms with Crippen molar-refractivity contribution in [2.45, 2.75) is 41.5 Å². The number of hydrogen-bond donors (Lipinski definition) is 5. The van der Waals surface area contributed by atoms with Crippen molar-refractivity contribution in [3.8, 4) is 23.7 Å². The summed E-state index contributed by atoms with van der Waals surface area (Å²) in [6.45, 7) is 12.1. The van der Waals surface area contributed by atoms with Crippen LogP contribution in [0.2, 0.25) is 0 Å². The summed E-state index contributed by atoms with van der Waals surface area (Å²) in [4.78, 5) is 37.1. The molecule has 0 atom stereocenters. The molecule has 3 aromatic carbocycles. The summed E-state index contributed by atoms with van der Waals surface area (Å²) < 4.78 is 0. The fraction of sp³-hybridized carbons (Fsp3) is 0.242. The molecule has 41 heavy (non-hydrogen) atoms. The van der Waals surface area contributed by atoms with E-state index in [2.05, 4.69) is 44.9 Å². The van der Waals surface area contributed by atoms with Crippen LogP contribution in [0, 0.1) is 34.5 Å². The first kappa shape index (κ1) is 30.3. The fourth-order valence-corrected chi connectivity index (χ4v) is 3.35. The molecule has 0 aliphatic carbocycles. The van der Waals surface area contributed by atoms with Crippen LogP contribution < -0.4 is 21.3 Å². The molecule has 0 radical (unpaired) electrons. The number of benzene rings is 3. The minimum absolute atomic E-state index is 0.114. The molecule has 0 aliphatic heterocycles. The van der Waals surface area contributed by atoms with Gasteiger partial charge in [-0.25, -0.2) is 14.4 Å². The smallest absolute Gasteiger partial charge is 0.335 e. The number of anilines is 4. The lowest BCUT2D eigenvalue weighted by Crippen LogP contribution is -2.21.